The molecule has 3 atom stereocenters. The Labute approximate surface area is 164 Å². The van der Waals surface area contributed by atoms with Crippen LogP contribution >= 0.6 is 35.4 Å². The normalized spacial score (nSPS) is 30.0. The van der Waals surface area contributed by atoms with E-state index in [0.29, 0.717) is 21.6 Å². The molecule has 7 heteroatoms. The largest absolute Gasteiger partial charge is 0.506 e. The second-order valence-corrected chi connectivity index (χ2v) is 9.03. The van der Waals surface area contributed by atoms with Crippen molar-refractivity contribution in [2.45, 2.75) is 45.6 Å². The highest BCUT2D eigenvalue weighted by Crippen LogP contribution is 2.61. The lowest BCUT2D eigenvalue weighted by molar-refractivity contribution is 0.0833. The van der Waals surface area contributed by atoms with Gasteiger partial charge in [0.1, 0.15) is 5.75 Å². The molecule has 0 aliphatic heterocycles. The molecular formula is C18H23Cl2N3OS. The van der Waals surface area contributed by atoms with Crippen molar-refractivity contribution in [3.05, 3.63) is 27.7 Å². The molecule has 136 valence electrons. The third-order valence-electron chi connectivity index (χ3n) is 6.41. The van der Waals surface area contributed by atoms with Gasteiger partial charge in [0, 0.05) is 16.1 Å². The number of hydrogen-bond donors (Lipinski definition) is 3. The van der Waals surface area contributed by atoms with Crippen molar-refractivity contribution in [1.82, 2.24) is 10.7 Å². The molecule has 2 aliphatic rings. The van der Waals surface area contributed by atoms with Crippen LogP contribution in [0.1, 0.15) is 45.6 Å². The molecule has 2 bridgehead atoms. The fraction of sp³-hybridized carbons (Fsp3) is 0.556. The summed E-state index contributed by atoms with van der Waals surface area (Å²) in [6, 6.07) is 3.07. The minimum Gasteiger partial charge on any atom is -0.506 e. The number of phenolic OH excluding ortho intramolecular Hbond substituents is 1. The van der Waals surface area contributed by atoms with Gasteiger partial charge in [-0.05, 0) is 67.8 Å². The second kappa shape index (κ2) is 6.60. The highest BCUT2D eigenvalue weighted by Gasteiger charge is 2.60. The molecule has 0 aromatic heterocycles. The number of hydrogen-bond acceptors (Lipinski definition) is 3. The van der Waals surface area contributed by atoms with E-state index in [9.17, 15) is 5.11 Å². The van der Waals surface area contributed by atoms with Gasteiger partial charge >= 0.3 is 0 Å². The van der Waals surface area contributed by atoms with E-state index in [0.717, 1.165) is 5.92 Å². The molecule has 25 heavy (non-hydrogen) atoms. The quantitative estimate of drug-likeness (QED) is 0.391. The summed E-state index contributed by atoms with van der Waals surface area (Å²) in [4.78, 5) is 0. The molecule has 0 amide bonds. The Morgan fingerprint density at radius 2 is 1.96 bits per heavy atom. The number of nitrogens with zero attached hydrogens (tertiary/aromatic N) is 1. The van der Waals surface area contributed by atoms with Crippen molar-refractivity contribution in [2.24, 2.45) is 22.4 Å². The lowest BCUT2D eigenvalue weighted by Gasteiger charge is -2.48. The van der Waals surface area contributed by atoms with Crippen molar-refractivity contribution in [3.63, 3.8) is 0 Å². The number of thiocarbonyl (C=S) groups is 1. The van der Waals surface area contributed by atoms with Gasteiger partial charge in [0.25, 0.3) is 0 Å². The molecule has 2 saturated carbocycles. The number of fused-ring (bicyclic) bond motifs is 2. The van der Waals surface area contributed by atoms with Gasteiger partial charge in [0.15, 0.2) is 5.11 Å². The van der Waals surface area contributed by atoms with Gasteiger partial charge in [-0.15, -0.1) is 0 Å². The van der Waals surface area contributed by atoms with Crippen LogP contribution < -0.4 is 10.7 Å². The highest BCUT2D eigenvalue weighted by molar-refractivity contribution is 7.80. The van der Waals surface area contributed by atoms with Gasteiger partial charge in [-0.1, -0.05) is 37.0 Å². The Morgan fingerprint density at radius 3 is 2.60 bits per heavy atom. The average Bonchev–Trinajstić information content (AvgIpc) is 3.07. The van der Waals surface area contributed by atoms with E-state index in [1.54, 1.807) is 6.07 Å². The zero-order valence-electron chi connectivity index (χ0n) is 14.6. The van der Waals surface area contributed by atoms with Gasteiger partial charge in [0.2, 0.25) is 0 Å². The fourth-order valence-corrected chi connectivity index (χ4v) is 5.26. The van der Waals surface area contributed by atoms with E-state index in [2.05, 4.69) is 36.6 Å². The number of nitrogens with one attached hydrogen (secondary N) is 2. The maximum atomic E-state index is 9.94. The summed E-state index contributed by atoms with van der Waals surface area (Å²) < 4.78 is 0. The molecule has 1 aromatic carbocycles. The summed E-state index contributed by atoms with van der Waals surface area (Å²) in [6.07, 6.45) is 5.27. The minimum absolute atomic E-state index is 0.0446. The molecule has 0 heterocycles. The van der Waals surface area contributed by atoms with Crippen LogP contribution in [-0.4, -0.2) is 22.0 Å². The van der Waals surface area contributed by atoms with Gasteiger partial charge in [-0.25, -0.2) is 0 Å². The van der Waals surface area contributed by atoms with Crippen LogP contribution in [0.5, 0.6) is 5.75 Å². The van der Waals surface area contributed by atoms with Crippen molar-refractivity contribution < 1.29 is 5.11 Å². The molecule has 0 saturated heterocycles. The van der Waals surface area contributed by atoms with Gasteiger partial charge in [-0.2, -0.15) is 5.10 Å². The predicted octanol–water partition coefficient (Wildman–Crippen LogP) is 4.71. The lowest BCUT2D eigenvalue weighted by Crippen LogP contribution is -2.60. The summed E-state index contributed by atoms with van der Waals surface area (Å²) in [5.74, 6) is 1.32. The number of hydrazone groups is 1. The van der Waals surface area contributed by atoms with Crippen molar-refractivity contribution in [1.29, 1.82) is 0 Å². The first-order valence-corrected chi connectivity index (χ1v) is 9.61. The monoisotopic (exact) mass is 399 g/mol. The Kier molecular flexibility index (Phi) is 4.95. The highest BCUT2D eigenvalue weighted by atomic mass is 35.5. The average molecular weight is 400 g/mol. The van der Waals surface area contributed by atoms with Crippen LogP contribution in [0.3, 0.4) is 0 Å². The maximum absolute atomic E-state index is 9.94. The number of phenols is 1. The van der Waals surface area contributed by atoms with E-state index in [1.165, 1.54) is 31.5 Å². The molecule has 0 unspecified atom stereocenters. The van der Waals surface area contributed by atoms with Crippen LogP contribution in [0, 0.1) is 17.3 Å². The van der Waals surface area contributed by atoms with Crippen molar-refractivity contribution >= 4 is 46.7 Å². The zero-order valence-corrected chi connectivity index (χ0v) is 16.9. The zero-order chi connectivity index (χ0) is 18.4. The Balaban J connectivity index is 1.66. The first-order chi connectivity index (χ1) is 11.6. The molecule has 1 aromatic rings. The van der Waals surface area contributed by atoms with E-state index < -0.39 is 0 Å². The van der Waals surface area contributed by atoms with Crippen LogP contribution in [0.15, 0.2) is 17.2 Å². The van der Waals surface area contributed by atoms with Crippen LogP contribution in [0.2, 0.25) is 10.0 Å². The van der Waals surface area contributed by atoms with E-state index in [1.807, 2.05) is 0 Å². The number of rotatable bonds is 3. The van der Waals surface area contributed by atoms with E-state index in [4.69, 9.17) is 35.4 Å². The lowest BCUT2D eigenvalue weighted by atomic mass is 9.64. The molecule has 2 fully saturated rings. The van der Waals surface area contributed by atoms with E-state index in [-0.39, 0.29) is 21.7 Å². The molecule has 3 rings (SSSR count). The number of halogens is 2. The summed E-state index contributed by atoms with van der Waals surface area (Å²) in [7, 11) is 0. The standard InChI is InChI=1S/C18H23Cl2N3OS/c1-17(2)11-4-5-12(7-11)18(17,3)22-16(25)23-21-9-10-6-13(19)8-14(20)15(10)24/h6,8-9,11-12,24H,4-5,7H2,1-3H3,(H2,22,23,25)/b21-9-/t11-,12+,18-/m1/s1. The molecule has 2 aliphatic carbocycles. The molecule has 0 radical (unpaired) electrons. The maximum Gasteiger partial charge on any atom is 0.187 e. The minimum atomic E-state index is -0.0586. The molecule has 0 spiro atoms. The van der Waals surface area contributed by atoms with E-state index >= 15 is 0 Å². The summed E-state index contributed by atoms with van der Waals surface area (Å²) in [6.45, 7) is 6.90. The summed E-state index contributed by atoms with van der Waals surface area (Å²) >= 11 is 17.3. The third-order valence-corrected chi connectivity index (χ3v) is 7.11. The first-order valence-electron chi connectivity index (χ1n) is 8.44. The summed E-state index contributed by atoms with van der Waals surface area (Å²) in [5.41, 5.74) is 3.41. The molecular weight excluding hydrogens is 377 g/mol. The van der Waals surface area contributed by atoms with Crippen LogP contribution in [0.4, 0.5) is 0 Å². The Bertz CT molecular complexity index is 737. The Morgan fingerprint density at radius 1 is 1.28 bits per heavy atom. The molecule has 3 N–H and O–H groups in total. The van der Waals surface area contributed by atoms with Gasteiger partial charge in [0.05, 0.1) is 11.2 Å². The third kappa shape index (κ3) is 3.22. The number of aromatic hydroxyl groups is 1. The fourth-order valence-electron chi connectivity index (χ4n) is 4.48. The Hall–Kier alpha value is -1.04. The topological polar surface area (TPSA) is 56.7 Å². The SMILES string of the molecule is CC1(C)[C@@H]2CC[C@@H](C2)[C@@]1(C)NC(=S)N/N=C\c1cc(Cl)cc(Cl)c1O. The van der Waals surface area contributed by atoms with Crippen molar-refractivity contribution in [3.8, 4) is 5.75 Å². The van der Waals surface area contributed by atoms with Crippen LogP contribution in [0.25, 0.3) is 0 Å². The van der Waals surface area contributed by atoms with Crippen LogP contribution in [-0.2, 0) is 0 Å². The van der Waals surface area contributed by atoms with Gasteiger partial charge < -0.3 is 10.4 Å². The first kappa shape index (κ1) is 18.7. The smallest absolute Gasteiger partial charge is 0.187 e. The van der Waals surface area contributed by atoms with Crippen molar-refractivity contribution in [2.75, 3.05) is 0 Å². The predicted molar refractivity (Wildman–Crippen MR) is 108 cm³/mol. The molecule has 4 nitrogen and oxygen atoms in total. The summed E-state index contributed by atoms with van der Waals surface area (Å²) in [5, 5.41) is 18.6. The van der Waals surface area contributed by atoms with Gasteiger partial charge in [-0.3, -0.25) is 5.43 Å². The number of benzene rings is 1. The second-order valence-electron chi connectivity index (χ2n) is 7.78.